The molecule has 0 radical (unpaired) electrons. The van der Waals surface area contributed by atoms with E-state index in [-0.39, 0.29) is 23.8 Å². The quantitative estimate of drug-likeness (QED) is 0.881. The third kappa shape index (κ3) is 3.63. The lowest BCUT2D eigenvalue weighted by molar-refractivity contribution is -0.124. The normalized spacial score (nSPS) is 22.5. The summed E-state index contributed by atoms with van der Waals surface area (Å²) in [5.74, 6) is 0.130. The highest BCUT2D eigenvalue weighted by atomic mass is 32.1. The molecule has 2 amide bonds. The van der Waals surface area contributed by atoms with E-state index in [0.717, 1.165) is 0 Å². The molecule has 21 heavy (non-hydrogen) atoms. The summed E-state index contributed by atoms with van der Waals surface area (Å²) in [6.45, 7) is 5.60. The Morgan fingerprint density at radius 2 is 2.10 bits per heavy atom. The SMILES string of the molecule is CNC(=O)[C@@H]1CN(C)C[C@@H]1NC(=O)c1csc(C(C)C)c1. The standard InChI is InChI=1S/C15H23N3O2S/c1-9(2)13-5-10(8-21-13)14(19)17-12-7-18(4)6-11(12)15(20)16-3/h5,8-9,11-12H,6-7H2,1-4H3,(H,16,20)(H,17,19)/t11-,12+/m1/s1. The first-order chi connectivity index (χ1) is 9.92. The molecule has 1 aromatic rings. The van der Waals surface area contributed by atoms with Crippen molar-refractivity contribution in [1.82, 2.24) is 15.5 Å². The second kappa shape index (κ2) is 6.58. The van der Waals surface area contributed by atoms with Gasteiger partial charge in [-0.25, -0.2) is 0 Å². The molecule has 1 aliphatic rings. The van der Waals surface area contributed by atoms with E-state index in [4.69, 9.17) is 0 Å². The van der Waals surface area contributed by atoms with Crippen LogP contribution >= 0.6 is 11.3 Å². The first kappa shape index (κ1) is 16.0. The van der Waals surface area contributed by atoms with Gasteiger partial charge in [0.2, 0.25) is 5.91 Å². The van der Waals surface area contributed by atoms with Crippen molar-refractivity contribution < 1.29 is 9.59 Å². The molecule has 1 aliphatic heterocycles. The molecule has 1 saturated heterocycles. The van der Waals surface area contributed by atoms with Gasteiger partial charge in [-0.2, -0.15) is 0 Å². The summed E-state index contributed by atoms with van der Waals surface area (Å²) >= 11 is 1.61. The highest BCUT2D eigenvalue weighted by molar-refractivity contribution is 7.10. The molecule has 116 valence electrons. The maximum absolute atomic E-state index is 12.3. The van der Waals surface area contributed by atoms with Gasteiger partial charge in [-0.3, -0.25) is 9.59 Å². The predicted octanol–water partition coefficient (Wildman–Crippen LogP) is 1.28. The van der Waals surface area contributed by atoms with Crippen LogP contribution in [0.3, 0.4) is 0 Å². The van der Waals surface area contributed by atoms with Crippen molar-refractivity contribution in [2.45, 2.75) is 25.8 Å². The van der Waals surface area contributed by atoms with Gasteiger partial charge >= 0.3 is 0 Å². The highest BCUT2D eigenvalue weighted by Crippen LogP contribution is 2.23. The molecule has 0 spiro atoms. The van der Waals surface area contributed by atoms with Crippen LogP contribution in [-0.4, -0.2) is 49.9 Å². The summed E-state index contributed by atoms with van der Waals surface area (Å²) in [6, 6.07) is 1.81. The average molecular weight is 309 g/mol. The van der Waals surface area contributed by atoms with Crippen molar-refractivity contribution in [1.29, 1.82) is 0 Å². The van der Waals surface area contributed by atoms with Crippen LogP contribution in [0.2, 0.25) is 0 Å². The van der Waals surface area contributed by atoms with Crippen LogP contribution in [0.1, 0.15) is 35.0 Å². The lowest BCUT2D eigenvalue weighted by Crippen LogP contribution is -2.45. The van der Waals surface area contributed by atoms with Crippen molar-refractivity contribution >= 4 is 23.2 Å². The van der Waals surface area contributed by atoms with E-state index in [1.54, 1.807) is 18.4 Å². The van der Waals surface area contributed by atoms with Crippen LogP contribution < -0.4 is 10.6 Å². The zero-order chi connectivity index (χ0) is 15.6. The zero-order valence-corrected chi connectivity index (χ0v) is 13.8. The topological polar surface area (TPSA) is 61.4 Å². The van der Waals surface area contributed by atoms with E-state index in [0.29, 0.717) is 24.6 Å². The van der Waals surface area contributed by atoms with E-state index in [9.17, 15) is 9.59 Å². The van der Waals surface area contributed by atoms with Gasteiger partial charge in [-0.05, 0) is 19.0 Å². The Morgan fingerprint density at radius 3 is 2.67 bits per heavy atom. The molecular formula is C15H23N3O2S. The van der Waals surface area contributed by atoms with Crippen molar-refractivity contribution in [3.8, 4) is 0 Å². The van der Waals surface area contributed by atoms with Crippen molar-refractivity contribution in [2.24, 2.45) is 5.92 Å². The molecule has 1 fully saturated rings. The summed E-state index contributed by atoms with van der Waals surface area (Å²) < 4.78 is 0. The third-order valence-corrected chi connectivity index (χ3v) is 5.09. The number of nitrogens with one attached hydrogen (secondary N) is 2. The molecular weight excluding hydrogens is 286 g/mol. The minimum Gasteiger partial charge on any atom is -0.359 e. The lowest BCUT2D eigenvalue weighted by Gasteiger charge is -2.18. The van der Waals surface area contributed by atoms with Crippen LogP contribution in [0.15, 0.2) is 11.4 Å². The predicted molar refractivity (Wildman–Crippen MR) is 84.7 cm³/mol. The monoisotopic (exact) mass is 309 g/mol. The molecule has 0 saturated carbocycles. The smallest absolute Gasteiger partial charge is 0.252 e. The van der Waals surface area contributed by atoms with E-state index in [2.05, 4.69) is 29.4 Å². The number of rotatable bonds is 4. The number of hydrogen-bond acceptors (Lipinski definition) is 4. The Hall–Kier alpha value is -1.40. The Morgan fingerprint density at radius 1 is 1.38 bits per heavy atom. The molecule has 0 aromatic carbocycles. The summed E-state index contributed by atoms with van der Waals surface area (Å²) in [7, 11) is 3.59. The largest absolute Gasteiger partial charge is 0.359 e. The molecule has 5 nitrogen and oxygen atoms in total. The van der Waals surface area contributed by atoms with Gasteiger partial charge in [0.1, 0.15) is 0 Å². The van der Waals surface area contributed by atoms with Crippen molar-refractivity contribution in [3.63, 3.8) is 0 Å². The Labute approximate surface area is 129 Å². The summed E-state index contributed by atoms with van der Waals surface area (Å²) in [5, 5.41) is 7.57. The molecule has 1 aromatic heterocycles. The molecule has 0 aliphatic carbocycles. The minimum atomic E-state index is -0.188. The minimum absolute atomic E-state index is 0.0159. The second-order valence-corrected chi connectivity index (χ2v) is 6.86. The van der Waals surface area contributed by atoms with Crippen LogP contribution in [0, 0.1) is 5.92 Å². The Kier molecular flexibility index (Phi) is 5.00. The number of amides is 2. The number of thiophene rings is 1. The fraction of sp³-hybridized carbons (Fsp3) is 0.600. The number of carbonyl (C=O) groups excluding carboxylic acids is 2. The van der Waals surface area contributed by atoms with Gasteiger partial charge in [0, 0.05) is 30.4 Å². The van der Waals surface area contributed by atoms with E-state index in [1.807, 2.05) is 18.5 Å². The second-order valence-electron chi connectivity index (χ2n) is 5.91. The van der Waals surface area contributed by atoms with Gasteiger partial charge in [-0.1, -0.05) is 13.8 Å². The summed E-state index contributed by atoms with van der Waals surface area (Å²) in [4.78, 5) is 27.5. The van der Waals surface area contributed by atoms with Crippen molar-refractivity contribution in [2.75, 3.05) is 27.2 Å². The number of hydrogen-bond donors (Lipinski definition) is 2. The van der Waals surface area contributed by atoms with Gasteiger partial charge in [0.05, 0.1) is 17.5 Å². The molecule has 2 rings (SSSR count). The lowest BCUT2D eigenvalue weighted by atomic mass is 10.0. The van der Waals surface area contributed by atoms with E-state index < -0.39 is 0 Å². The molecule has 2 heterocycles. The maximum atomic E-state index is 12.3. The van der Waals surface area contributed by atoms with Gasteiger partial charge in [0.15, 0.2) is 0 Å². The van der Waals surface area contributed by atoms with E-state index >= 15 is 0 Å². The first-order valence-corrected chi connectivity index (χ1v) is 8.09. The molecule has 6 heteroatoms. The number of nitrogens with zero attached hydrogens (tertiary/aromatic N) is 1. The summed E-state index contributed by atoms with van der Waals surface area (Å²) in [5.41, 5.74) is 0.689. The zero-order valence-electron chi connectivity index (χ0n) is 13.0. The molecule has 2 atom stereocenters. The molecule has 2 N–H and O–H groups in total. The third-order valence-electron chi connectivity index (χ3n) is 3.85. The fourth-order valence-electron chi connectivity index (χ4n) is 2.62. The van der Waals surface area contributed by atoms with Gasteiger partial charge in [-0.15, -0.1) is 11.3 Å². The van der Waals surface area contributed by atoms with Gasteiger partial charge in [0.25, 0.3) is 5.91 Å². The van der Waals surface area contributed by atoms with Crippen LogP contribution in [0.25, 0.3) is 0 Å². The van der Waals surface area contributed by atoms with E-state index in [1.165, 1.54) is 4.88 Å². The van der Waals surface area contributed by atoms with Gasteiger partial charge < -0.3 is 15.5 Å². The number of likely N-dealkylation sites (tertiary alicyclic amines) is 1. The Balaban J connectivity index is 2.05. The fourth-order valence-corrected chi connectivity index (χ4v) is 3.53. The van der Waals surface area contributed by atoms with Crippen LogP contribution in [0.5, 0.6) is 0 Å². The average Bonchev–Trinajstić information content (AvgIpc) is 3.04. The van der Waals surface area contributed by atoms with Crippen LogP contribution in [-0.2, 0) is 4.79 Å². The number of likely N-dealkylation sites (N-methyl/N-ethyl adjacent to an activating group) is 1. The Bertz CT molecular complexity index is 527. The number of carbonyl (C=O) groups is 2. The first-order valence-electron chi connectivity index (χ1n) is 7.21. The van der Waals surface area contributed by atoms with Crippen molar-refractivity contribution in [3.05, 3.63) is 21.9 Å². The highest BCUT2D eigenvalue weighted by Gasteiger charge is 2.36. The molecule has 0 unspecified atom stereocenters. The maximum Gasteiger partial charge on any atom is 0.252 e. The molecule has 0 bridgehead atoms. The van der Waals surface area contributed by atoms with Crippen LogP contribution in [0.4, 0.5) is 0 Å². The summed E-state index contributed by atoms with van der Waals surface area (Å²) in [6.07, 6.45) is 0.